The van der Waals surface area contributed by atoms with Gasteiger partial charge in [0.25, 0.3) is 0 Å². The molecule has 0 saturated carbocycles. The first-order valence-corrected chi connectivity index (χ1v) is 0. The van der Waals surface area contributed by atoms with Crippen LogP contribution >= 0.6 is 0 Å². The van der Waals surface area contributed by atoms with Crippen molar-refractivity contribution >= 4 is 112 Å². The number of hydrogen-bond acceptors (Lipinski definition) is 0. The minimum atomic E-state index is 0. The van der Waals surface area contributed by atoms with Gasteiger partial charge in [-0.15, -0.1) is 0 Å². The third-order valence-corrected chi connectivity index (χ3v) is 0. The fourth-order valence-corrected chi connectivity index (χ4v) is 0. The average Bonchev–Trinajstić information content (AvgIpc) is 0. The first kappa shape index (κ1) is 25.1. The minimum Gasteiger partial charge on any atom is 0 e. The second-order valence-electron chi connectivity index (χ2n) is 0. The molecule has 5 valence electrons. The largest absolute Gasteiger partial charge is 0 e. The van der Waals surface area contributed by atoms with Crippen molar-refractivity contribution in [1.29, 1.82) is 0 Å². The molecule has 0 aliphatic carbocycles. The first-order valence-electron chi connectivity index (χ1n) is 0. The van der Waals surface area contributed by atoms with Crippen molar-refractivity contribution < 1.29 is 0 Å². The normalized spacial score (nSPS) is 0. The van der Waals surface area contributed by atoms with Crippen molar-refractivity contribution in [2.24, 2.45) is 0 Å². The van der Waals surface area contributed by atoms with E-state index in [0.29, 0.717) is 0 Å². The Hall–Kier alpha value is 3.77. The SMILES string of the molecule is [Mg].[Na].[Na].[Na]. The van der Waals surface area contributed by atoms with Crippen LogP contribution in [0.1, 0.15) is 0 Å². The molecular weight excluding hydrogens is 93.3 g/mol. The summed E-state index contributed by atoms with van der Waals surface area (Å²) in [4.78, 5) is 0. The summed E-state index contributed by atoms with van der Waals surface area (Å²) in [6, 6.07) is 0. The number of hydrogen-bond donors (Lipinski definition) is 0. The van der Waals surface area contributed by atoms with Crippen LogP contribution < -0.4 is 0 Å². The second kappa shape index (κ2) is 15.9. The second-order valence-corrected chi connectivity index (χ2v) is 0. The van der Waals surface area contributed by atoms with E-state index in [1.54, 1.807) is 0 Å². The summed E-state index contributed by atoms with van der Waals surface area (Å²) in [6.45, 7) is 0. The maximum atomic E-state index is 0. The van der Waals surface area contributed by atoms with Gasteiger partial charge in [0.05, 0.1) is 0 Å². The molecule has 0 N–H and O–H groups in total. The van der Waals surface area contributed by atoms with Gasteiger partial charge in [-0.2, -0.15) is 0 Å². The molecule has 0 aromatic rings. The average molecular weight is 93.3 g/mol. The topological polar surface area (TPSA) is 0 Å². The molecule has 0 saturated heterocycles. The molecule has 0 unspecified atom stereocenters. The summed E-state index contributed by atoms with van der Waals surface area (Å²) in [6.07, 6.45) is 0. The summed E-state index contributed by atoms with van der Waals surface area (Å²) in [5.41, 5.74) is 0. The molecule has 4 heteroatoms. The van der Waals surface area contributed by atoms with Gasteiger partial charge < -0.3 is 0 Å². The van der Waals surface area contributed by atoms with E-state index in [1.807, 2.05) is 0 Å². The molecule has 0 aromatic carbocycles. The molecule has 5 radical (unpaired) electrons. The van der Waals surface area contributed by atoms with Gasteiger partial charge in [-0.1, -0.05) is 0 Å². The molecule has 0 aliphatic heterocycles. The summed E-state index contributed by atoms with van der Waals surface area (Å²) in [7, 11) is 0. The fourth-order valence-electron chi connectivity index (χ4n) is 0. The molecule has 0 amide bonds. The Bertz CT molecular complexity index is 3.25. The van der Waals surface area contributed by atoms with Gasteiger partial charge in [-0.05, 0) is 0 Å². The van der Waals surface area contributed by atoms with Crippen molar-refractivity contribution in [1.82, 2.24) is 0 Å². The van der Waals surface area contributed by atoms with Crippen LogP contribution in [0, 0.1) is 0 Å². The molecule has 0 aromatic heterocycles. The smallest absolute Gasteiger partial charge is 0 e. The van der Waals surface area contributed by atoms with Crippen molar-refractivity contribution in [2.45, 2.75) is 0 Å². The Labute approximate surface area is 109 Å². The van der Waals surface area contributed by atoms with Crippen molar-refractivity contribution in [3.63, 3.8) is 0 Å². The van der Waals surface area contributed by atoms with Crippen LogP contribution in [0.25, 0.3) is 0 Å². The predicted octanol–water partition coefficient (Wildman–Crippen LogP) is -1.52. The molecule has 0 aliphatic rings. The predicted molar refractivity (Wildman–Crippen MR) is 23.0 cm³/mol. The Morgan fingerprint density at radius 3 is 0.500 bits per heavy atom. The maximum absolute atomic E-state index is 0. The van der Waals surface area contributed by atoms with E-state index in [1.165, 1.54) is 0 Å². The van der Waals surface area contributed by atoms with Gasteiger partial charge in [0.2, 0.25) is 0 Å². The summed E-state index contributed by atoms with van der Waals surface area (Å²) >= 11 is 0. The van der Waals surface area contributed by atoms with Crippen LogP contribution in [-0.4, -0.2) is 112 Å². The number of rotatable bonds is 0. The van der Waals surface area contributed by atoms with Gasteiger partial charge in [0, 0.05) is 112 Å². The van der Waals surface area contributed by atoms with Crippen molar-refractivity contribution in [3.8, 4) is 0 Å². The van der Waals surface area contributed by atoms with E-state index in [4.69, 9.17) is 0 Å². The van der Waals surface area contributed by atoms with Crippen LogP contribution in [0.5, 0.6) is 0 Å². The van der Waals surface area contributed by atoms with Crippen LogP contribution in [0.4, 0.5) is 0 Å². The monoisotopic (exact) mass is 93.0 g/mol. The summed E-state index contributed by atoms with van der Waals surface area (Å²) in [5, 5.41) is 0. The molecule has 0 heterocycles. The Balaban J connectivity index is 0. The molecule has 0 bridgehead atoms. The van der Waals surface area contributed by atoms with Crippen LogP contribution in [0.15, 0.2) is 0 Å². The third kappa shape index (κ3) is 9.23. The molecule has 0 nitrogen and oxygen atoms in total. The zero-order chi connectivity index (χ0) is 0. The molecule has 0 atom stereocenters. The minimum absolute atomic E-state index is 0. The van der Waals surface area contributed by atoms with Gasteiger partial charge in [-0.3, -0.25) is 0 Å². The van der Waals surface area contributed by atoms with Crippen molar-refractivity contribution in [3.05, 3.63) is 0 Å². The zero-order valence-corrected chi connectivity index (χ0v) is 11.1. The molecule has 0 fully saturated rings. The van der Waals surface area contributed by atoms with Crippen LogP contribution in [-0.2, 0) is 0 Å². The molecule has 0 spiro atoms. The van der Waals surface area contributed by atoms with Gasteiger partial charge in [0.1, 0.15) is 0 Å². The van der Waals surface area contributed by atoms with Gasteiger partial charge in [0.15, 0.2) is 0 Å². The quantitative estimate of drug-likeness (QED) is 0.319. The third-order valence-electron chi connectivity index (χ3n) is 0. The van der Waals surface area contributed by atoms with E-state index < -0.39 is 0 Å². The van der Waals surface area contributed by atoms with E-state index in [2.05, 4.69) is 0 Å². The molecular formula is MgNa3. The summed E-state index contributed by atoms with van der Waals surface area (Å²) < 4.78 is 0. The van der Waals surface area contributed by atoms with Gasteiger partial charge in [-0.25, -0.2) is 0 Å². The van der Waals surface area contributed by atoms with E-state index >= 15 is 0 Å². The summed E-state index contributed by atoms with van der Waals surface area (Å²) in [5.74, 6) is 0. The molecule has 4 heavy (non-hydrogen) atoms. The maximum Gasteiger partial charge on any atom is 0 e. The van der Waals surface area contributed by atoms with E-state index in [-0.39, 0.29) is 112 Å². The Morgan fingerprint density at radius 2 is 0.500 bits per heavy atom. The van der Waals surface area contributed by atoms with Crippen LogP contribution in [0.3, 0.4) is 0 Å². The van der Waals surface area contributed by atoms with Gasteiger partial charge >= 0.3 is 0 Å². The standard InChI is InChI=1S/Mg.3Na. The zero-order valence-electron chi connectivity index (χ0n) is 3.71. The first-order chi connectivity index (χ1) is 0. The fraction of sp³-hybridized carbons (Fsp3) is 0. The molecule has 0 rings (SSSR count). The Morgan fingerprint density at radius 1 is 0.500 bits per heavy atom. The van der Waals surface area contributed by atoms with Crippen molar-refractivity contribution in [2.75, 3.05) is 0 Å². The van der Waals surface area contributed by atoms with E-state index in [0.717, 1.165) is 0 Å². The van der Waals surface area contributed by atoms with Crippen LogP contribution in [0.2, 0.25) is 0 Å². The van der Waals surface area contributed by atoms with E-state index in [9.17, 15) is 0 Å². The Kier molecular flexibility index (Phi) is 99.4.